The van der Waals surface area contributed by atoms with Crippen LogP contribution in [-0.4, -0.2) is 20.8 Å². The Labute approximate surface area is 124 Å². The maximum absolute atomic E-state index is 10.7. The molecule has 1 aromatic carbocycles. The van der Waals surface area contributed by atoms with Gasteiger partial charge in [-0.15, -0.1) is 0 Å². The molecule has 0 N–H and O–H groups in total. The molecule has 0 radical (unpaired) electrons. The van der Waals surface area contributed by atoms with Crippen molar-refractivity contribution in [1.29, 1.82) is 0 Å². The van der Waals surface area contributed by atoms with Gasteiger partial charge in [0.2, 0.25) is 9.05 Å². The Bertz CT molecular complexity index is 501. The average molecular weight is 325 g/mol. The van der Waals surface area contributed by atoms with E-state index in [0.29, 0.717) is 18.1 Å². The summed E-state index contributed by atoms with van der Waals surface area (Å²) in [4.78, 5) is 0. The summed E-state index contributed by atoms with van der Waals surface area (Å²) in [7, 11) is 1.78. The van der Waals surface area contributed by atoms with Crippen LogP contribution in [0.25, 0.3) is 0 Å². The highest BCUT2D eigenvalue weighted by atomic mass is 35.7. The molecule has 0 aliphatic carbocycles. The van der Waals surface area contributed by atoms with E-state index in [0.717, 1.165) is 30.6 Å². The van der Waals surface area contributed by atoms with Gasteiger partial charge in [0.05, 0.1) is 12.4 Å². The normalized spacial score (nSPS) is 11.5. The van der Waals surface area contributed by atoms with Crippen molar-refractivity contribution in [3.8, 4) is 5.75 Å². The van der Waals surface area contributed by atoms with E-state index in [2.05, 4.69) is 0 Å². The van der Waals surface area contributed by atoms with Crippen molar-refractivity contribution >= 4 is 31.3 Å². The van der Waals surface area contributed by atoms with Gasteiger partial charge in [0.1, 0.15) is 5.75 Å². The van der Waals surface area contributed by atoms with Crippen LogP contribution in [0.2, 0.25) is 5.02 Å². The molecule has 0 saturated carbocycles. The summed E-state index contributed by atoms with van der Waals surface area (Å²) in [5, 5.41) is 0.701. The fourth-order valence-electron chi connectivity index (χ4n) is 1.69. The molecule has 0 spiro atoms. The molecule has 0 saturated heterocycles. The van der Waals surface area contributed by atoms with Crippen molar-refractivity contribution in [3.05, 3.63) is 28.8 Å². The van der Waals surface area contributed by atoms with Crippen LogP contribution in [0.3, 0.4) is 0 Å². The Hall–Kier alpha value is -0.450. The van der Waals surface area contributed by atoms with Crippen LogP contribution in [-0.2, 0) is 9.05 Å². The topological polar surface area (TPSA) is 43.4 Å². The van der Waals surface area contributed by atoms with Gasteiger partial charge in [0.15, 0.2) is 0 Å². The number of halogens is 2. The molecule has 3 nitrogen and oxygen atoms in total. The lowest BCUT2D eigenvalue weighted by atomic mass is 10.2. The molecule has 108 valence electrons. The number of benzene rings is 1. The number of hydrogen-bond acceptors (Lipinski definition) is 3. The molecule has 0 amide bonds. The first kappa shape index (κ1) is 16.6. The molecule has 0 aromatic heterocycles. The zero-order valence-corrected chi connectivity index (χ0v) is 13.2. The van der Waals surface area contributed by atoms with Gasteiger partial charge in [-0.3, -0.25) is 0 Å². The number of ether oxygens (including phenoxy) is 1. The van der Waals surface area contributed by atoms with Crippen LogP contribution in [0.4, 0.5) is 0 Å². The first-order chi connectivity index (χ1) is 8.88. The lowest BCUT2D eigenvalue weighted by Gasteiger charge is -2.09. The van der Waals surface area contributed by atoms with Crippen molar-refractivity contribution in [2.45, 2.75) is 32.6 Å². The molecule has 0 heterocycles. The molecular weight excluding hydrogens is 307 g/mol. The lowest BCUT2D eigenvalue weighted by Crippen LogP contribution is -2.00. The van der Waals surface area contributed by atoms with Crippen molar-refractivity contribution < 1.29 is 13.2 Å². The van der Waals surface area contributed by atoms with Gasteiger partial charge in [-0.05, 0) is 43.5 Å². The van der Waals surface area contributed by atoms with Gasteiger partial charge in [0, 0.05) is 15.7 Å². The third-order valence-electron chi connectivity index (χ3n) is 2.68. The van der Waals surface area contributed by atoms with E-state index in [-0.39, 0.29) is 5.75 Å². The molecule has 0 unspecified atom stereocenters. The molecule has 0 fully saturated rings. The summed E-state index contributed by atoms with van der Waals surface area (Å²) in [5.41, 5.74) is 1.01. The number of unbranched alkanes of at least 4 members (excludes halogenated alkanes) is 3. The average Bonchev–Trinajstić information content (AvgIpc) is 2.29. The molecule has 0 aliphatic heterocycles. The van der Waals surface area contributed by atoms with E-state index in [1.165, 1.54) is 0 Å². The van der Waals surface area contributed by atoms with Crippen LogP contribution in [0.5, 0.6) is 5.75 Å². The Morgan fingerprint density at radius 3 is 2.47 bits per heavy atom. The fourth-order valence-corrected chi connectivity index (χ4v) is 2.79. The van der Waals surface area contributed by atoms with Crippen molar-refractivity contribution in [2.24, 2.45) is 0 Å². The maximum Gasteiger partial charge on any atom is 0.232 e. The highest BCUT2D eigenvalue weighted by molar-refractivity contribution is 8.13. The first-order valence-electron chi connectivity index (χ1n) is 6.20. The minimum absolute atomic E-state index is 0.0473. The van der Waals surface area contributed by atoms with E-state index in [9.17, 15) is 8.42 Å². The van der Waals surface area contributed by atoms with E-state index < -0.39 is 9.05 Å². The van der Waals surface area contributed by atoms with Gasteiger partial charge in [0.25, 0.3) is 0 Å². The number of rotatable bonds is 8. The summed E-state index contributed by atoms with van der Waals surface area (Å²) in [5.74, 6) is 0.888. The Morgan fingerprint density at radius 2 is 1.84 bits per heavy atom. The van der Waals surface area contributed by atoms with Gasteiger partial charge >= 0.3 is 0 Å². The third kappa shape index (κ3) is 7.65. The van der Waals surface area contributed by atoms with Crippen LogP contribution in [0, 0.1) is 6.92 Å². The SMILES string of the molecule is Cc1cc(Cl)ccc1OCCCCCCS(=O)(=O)Cl. The van der Waals surface area contributed by atoms with Crippen molar-refractivity contribution in [3.63, 3.8) is 0 Å². The molecule has 19 heavy (non-hydrogen) atoms. The summed E-state index contributed by atoms with van der Waals surface area (Å²) >= 11 is 5.86. The predicted octanol–water partition coefficient (Wildman–Crippen LogP) is 4.16. The predicted molar refractivity (Wildman–Crippen MR) is 79.8 cm³/mol. The van der Waals surface area contributed by atoms with E-state index in [1.54, 1.807) is 6.07 Å². The van der Waals surface area contributed by atoms with E-state index >= 15 is 0 Å². The monoisotopic (exact) mass is 324 g/mol. The summed E-state index contributed by atoms with van der Waals surface area (Å²) < 4.78 is 27.0. The van der Waals surface area contributed by atoms with E-state index in [4.69, 9.17) is 27.0 Å². The Kier molecular flexibility index (Phi) is 6.97. The second kappa shape index (κ2) is 7.98. The maximum atomic E-state index is 10.7. The zero-order valence-electron chi connectivity index (χ0n) is 10.9. The highest BCUT2D eigenvalue weighted by Crippen LogP contribution is 2.22. The molecule has 1 aromatic rings. The van der Waals surface area contributed by atoms with Gasteiger partial charge in [-0.25, -0.2) is 8.42 Å². The number of aryl methyl sites for hydroxylation is 1. The largest absolute Gasteiger partial charge is 0.493 e. The van der Waals surface area contributed by atoms with Gasteiger partial charge in [-0.1, -0.05) is 24.4 Å². The van der Waals surface area contributed by atoms with Crippen LogP contribution in [0.15, 0.2) is 18.2 Å². The molecule has 0 aliphatic rings. The van der Waals surface area contributed by atoms with Gasteiger partial charge < -0.3 is 4.74 Å². The summed E-state index contributed by atoms with van der Waals surface area (Å²) in [6.45, 7) is 2.57. The van der Waals surface area contributed by atoms with Crippen molar-refractivity contribution in [2.75, 3.05) is 12.4 Å². The second-order valence-corrected chi connectivity index (χ2v) is 7.75. The lowest BCUT2D eigenvalue weighted by molar-refractivity contribution is 0.303. The molecule has 6 heteroatoms. The Morgan fingerprint density at radius 1 is 1.16 bits per heavy atom. The molecular formula is C13H18Cl2O3S. The third-order valence-corrected chi connectivity index (χ3v) is 4.15. The van der Waals surface area contributed by atoms with E-state index in [1.807, 2.05) is 19.1 Å². The molecule has 0 bridgehead atoms. The number of hydrogen-bond donors (Lipinski definition) is 0. The molecule has 0 atom stereocenters. The summed E-state index contributed by atoms with van der Waals surface area (Å²) in [6, 6.07) is 5.52. The van der Waals surface area contributed by atoms with Crippen molar-refractivity contribution in [1.82, 2.24) is 0 Å². The minimum atomic E-state index is -3.34. The Balaban J connectivity index is 2.14. The zero-order chi connectivity index (χ0) is 14.3. The fraction of sp³-hybridized carbons (Fsp3) is 0.538. The molecule has 1 rings (SSSR count). The standard InChI is InChI=1S/C13H18Cl2O3S/c1-11-10-12(14)6-7-13(11)18-8-4-2-3-5-9-19(15,16)17/h6-7,10H,2-5,8-9H2,1H3. The smallest absolute Gasteiger partial charge is 0.232 e. The quantitative estimate of drug-likeness (QED) is 0.532. The summed E-state index contributed by atoms with van der Waals surface area (Å²) in [6.07, 6.45) is 3.27. The first-order valence-corrected chi connectivity index (χ1v) is 9.05. The highest BCUT2D eigenvalue weighted by Gasteiger charge is 2.04. The van der Waals surface area contributed by atoms with Crippen LogP contribution >= 0.6 is 22.3 Å². The second-order valence-electron chi connectivity index (χ2n) is 4.42. The van der Waals surface area contributed by atoms with Crippen LogP contribution in [0.1, 0.15) is 31.2 Å². The minimum Gasteiger partial charge on any atom is -0.493 e. The van der Waals surface area contributed by atoms with Gasteiger partial charge in [-0.2, -0.15) is 0 Å². The van der Waals surface area contributed by atoms with Crippen LogP contribution < -0.4 is 4.74 Å².